The monoisotopic (exact) mass is 405 g/mol. The average Bonchev–Trinajstić information content (AvgIpc) is 3.12. The lowest BCUT2D eigenvalue weighted by Gasteiger charge is -2.05. The predicted molar refractivity (Wildman–Crippen MR) is 125 cm³/mol. The third-order valence-electron chi connectivity index (χ3n) is 4.15. The molecule has 0 fully saturated rings. The van der Waals surface area contributed by atoms with Crippen LogP contribution in [0, 0.1) is 13.8 Å². The molecule has 2 amide bonds. The minimum atomic E-state index is -0.481. The molecule has 1 N–H and O–H groups in total. The van der Waals surface area contributed by atoms with Gasteiger partial charge in [-0.25, -0.2) is 0 Å². The molecule has 3 rings (SSSR count). The Morgan fingerprint density at radius 1 is 0.933 bits per heavy atom. The Labute approximate surface area is 179 Å². The number of rotatable bonds is 3. The molecule has 0 saturated heterocycles. The van der Waals surface area contributed by atoms with Crippen LogP contribution in [0.1, 0.15) is 44.6 Å². The van der Waals surface area contributed by atoms with Crippen LogP contribution >= 0.6 is 0 Å². The third-order valence-corrected chi connectivity index (χ3v) is 4.15. The van der Waals surface area contributed by atoms with Crippen molar-refractivity contribution >= 4 is 28.9 Å². The summed E-state index contributed by atoms with van der Waals surface area (Å²) < 4.78 is 5.62. The van der Waals surface area contributed by atoms with E-state index < -0.39 is 11.8 Å². The fourth-order valence-electron chi connectivity index (χ4n) is 2.49. The van der Waals surface area contributed by atoms with Gasteiger partial charge in [0, 0.05) is 17.9 Å². The van der Waals surface area contributed by atoms with E-state index in [2.05, 4.69) is 50.0 Å². The summed E-state index contributed by atoms with van der Waals surface area (Å²) in [4.78, 5) is 22.9. The van der Waals surface area contributed by atoms with E-state index in [4.69, 9.17) is 4.42 Å². The van der Waals surface area contributed by atoms with Crippen molar-refractivity contribution in [3.8, 4) is 0 Å². The number of aryl methyl sites for hydroxylation is 2. The zero-order valence-electron chi connectivity index (χ0n) is 18.7. The van der Waals surface area contributed by atoms with Crippen molar-refractivity contribution in [2.75, 3.05) is 0 Å². The first-order chi connectivity index (χ1) is 14.3. The molecular formula is C26H31NO3. The summed E-state index contributed by atoms with van der Waals surface area (Å²) in [5, 5.41) is 3.18. The van der Waals surface area contributed by atoms with E-state index in [-0.39, 0.29) is 0 Å². The molecule has 0 bridgehead atoms. The fourth-order valence-corrected chi connectivity index (χ4v) is 2.49. The summed E-state index contributed by atoms with van der Waals surface area (Å²) >= 11 is 0. The normalized spacial score (nSPS) is 10.3. The number of fused-ring (bicyclic) bond motifs is 1. The molecule has 0 spiro atoms. The zero-order chi connectivity index (χ0) is 22.7. The van der Waals surface area contributed by atoms with Gasteiger partial charge < -0.3 is 4.42 Å². The molecule has 0 aliphatic heterocycles. The van der Waals surface area contributed by atoms with Crippen molar-refractivity contribution in [1.82, 2.24) is 5.32 Å². The van der Waals surface area contributed by atoms with Gasteiger partial charge in [0.2, 0.25) is 5.91 Å². The Kier molecular flexibility index (Phi) is 10.0. The summed E-state index contributed by atoms with van der Waals surface area (Å²) in [6.07, 6.45) is 1.58. The van der Waals surface area contributed by atoms with Gasteiger partial charge in [-0.05, 0) is 55.7 Å². The summed E-state index contributed by atoms with van der Waals surface area (Å²) in [6, 6.07) is 17.7. The van der Waals surface area contributed by atoms with E-state index in [0.717, 1.165) is 11.0 Å². The maximum Gasteiger partial charge on any atom is 0.258 e. The molecular weight excluding hydrogens is 374 g/mol. The van der Waals surface area contributed by atoms with Crippen molar-refractivity contribution in [1.29, 1.82) is 0 Å². The summed E-state index contributed by atoms with van der Waals surface area (Å²) in [5.74, 6) is -0.347. The quantitative estimate of drug-likeness (QED) is 0.406. The highest BCUT2D eigenvalue weighted by atomic mass is 16.3. The first-order valence-electron chi connectivity index (χ1n) is 9.98. The van der Waals surface area contributed by atoms with Crippen LogP contribution in [-0.4, -0.2) is 11.8 Å². The van der Waals surface area contributed by atoms with Crippen LogP contribution in [0.4, 0.5) is 0 Å². The lowest BCUT2D eigenvalue weighted by atomic mass is 10.1. The molecule has 3 aromatic rings. The van der Waals surface area contributed by atoms with Gasteiger partial charge in [-0.2, -0.15) is 0 Å². The highest BCUT2D eigenvalue weighted by Crippen LogP contribution is 2.22. The average molecular weight is 406 g/mol. The van der Waals surface area contributed by atoms with Crippen LogP contribution in [0.3, 0.4) is 0 Å². The molecule has 4 heteroatoms. The molecule has 2 aromatic carbocycles. The van der Waals surface area contributed by atoms with Gasteiger partial charge in [-0.1, -0.05) is 62.9 Å². The van der Waals surface area contributed by atoms with Crippen LogP contribution < -0.4 is 5.32 Å². The minimum Gasteiger partial charge on any atom is -0.457 e. The standard InChI is InChI=1S/C16H15NO3.C8H10.C2H6/c1-10(2)14(16(19)17-11(3)18)9-13-8-12-6-4-5-7-15(12)20-13;1-7-5-3-4-6-8(7)2;1-2/h4-9H,1H2,2-3H3,(H,17,18,19);3-6H,1-2H3;1-2H3/b14-9+;;. The molecule has 0 saturated carbocycles. The molecule has 1 heterocycles. The maximum atomic E-state index is 11.9. The van der Waals surface area contributed by atoms with Gasteiger partial charge in [0.1, 0.15) is 11.3 Å². The van der Waals surface area contributed by atoms with Gasteiger partial charge in [-0.3, -0.25) is 14.9 Å². The van der Waals surface area contributed by atoms with E-state index in [0.29, 0.717) is 16.9 Å². The molecule has 0 aliphatic carbocycles. The van der Waals surface area contributed by atoms with Crippen LogP contribution in [-0.2, 0) is 9.59 Å². The molecule has 30 heavy (non-hydrogen) atoms. The first-order valence-corrected chi connectivity index (χ1v) is 9.98. The smallest absolute Gasteiger partial charge is 0.258 e. The number of hydrogen-bond donors (Lipinski definition) is 1. The number of carbonyl (C=O) groups excluding carboxylic acids is 2. The highest BCUT2D eigenvalue weighted by molar-refractivity contribution is 6.08. The van der Waals surface area contributed by atoms with Gasteiger partial charge in [0.15, 0.2) is 0 Å². The van der Waals surface area contributed by atoms with E-state index >= 15 is 0 Å². The number of amides is 2. The Bertz CT molecular complexity index is 987. The van der Waals surface area contributed by atoms with E-state index in [1.54, 1.807) is 13.0 Å². The maximum absolute atomic E-state index is 11.9. The van der Waals surface area contributed by atoms with Crippen LogP contribution in [0.15, 0.2) is 76.7 Å². The number of carbonyl (C=O) groups is 2. The number of para-hydroxylation sites is 1. The summed E-state index contributed by atoms with van der Waals surface area (Å²) in [7, 11) is 0. The number of hydrogen-bond acceptors (Lipinski definition) is 3. The summed E-state index contributed by atoms with van der Waals surface area (Å²) in [5.41, 5.74) is 4.36. The number of furan rings is 1. The van der Waals surface area contributed by atoms with Crippen molar-refractivity contribution < 1.29 is 14.0 Å². The second-order valence-corrected chi connectivity index (χ2v) is 6.62. The Hall–Kier alpha value is -3.40. The molecule has 4 nitrogen and oxygen atoms in total. The van der Waals surface area contributed by atoms with Crippen molar-refractivity contribution in [2.45, 2.75) is 41.5 Å². The second-order valence-electron chi connectivity index (χ2n) is 6.62. The molecule has 0 radical (unpaired) electrons. The van der Waals surface area contributed by atoms with Gasteiger partial charge in [0.05, 0.1) is 0 Å². The molecule has 0 unspecified atom stereocenters. The predicted octanol–water partition coefficient (Wildman–Crippen LogP) is 6.38. The zero-order valence-corrected chi connectivity index (χ0v) is 18.7. The lowest BCUT2D eigenvalue weighted by molar-refractivity contribution is -0.126. The Morgan fingerprint density at radius 3 is 1.93 bits per heavy atom. The molecule has 158 valence electrons. The van der Waals surface area contributed by atoms with Crippen molar-refractivity contribution in [3.05, 3.63) is 89.2 Å². The number of nitrogens with one attached hydrogen (secondary N) is 1. The van der Waals surface area contributed by atoms with Gasteiger partial charge in [-0.15, -0.1) is 0 Å². The fraction of sp³-hybridized carbons (Fsp3) is 0.231. The number of benzene rings is 2. The van der Waals surface area contributed by atoms with Gasteiger partial charge in [0.25, 0.3) is 5.91 Å². The lowest BCUT2D eigenvalue weighted by Crippen LogP contribution is -2.29. The minimum absolute atomic E-state index is 0.319. The SMILES string of the molecule is C=C(C)/C(=C\c1cc2ccccc2o1)C(=O)NC(C)=O.CC.Cc1ccccc1C. The van der Waals surface area contributed by atoms with Crippen LogP contribution in [0.25, 0.3) is 17.0 Å². The Balaban J connectivity index is 0.000000375. The Morgan fingerprint density at radius 2 is 1.47 bits per heavy atom. The molecule has 0 atom stereocenters. The van der Waals surface area contributed by atoms with E-state index in [1.165, 1.54) is 18.1 Å². The van der Waals surface area contributed by atoms with Gasteiger partial charge >= 0.3 is 0 Å². The molecule has 0 aliphatic rings. The van der Waals surface area contributed by atoms with Crippen molar-refractivity contribution in [2.24, 2.45) is 0 Å². The summed E-state index contributed by atoms with van der Waals surface area (Å²) in [6.45, 7) is 15.0. The molecule has 1 aromatic heterocycles. The third kappa shape index (κ3) is 7.55. The highest BCUT2D eigenvalue weighted by Gasteiger charge is 2.13. The topological polar surface area (TPSA) is 59.3 Å². The van der Waals surface area contributed by atoms with E-state index in [9.17, 15) is 9.59 Å². The van der Waals surface area contributed by atoms with Crippen LogP contribution in [0.2, 0.25) is 0 Å². The largest absolute Gasteiger partial charge is 0.457 e. The first kappa shape index (κ1) is 24.6. The van der Waals surface area contributed by atoms with Crippen LogP contribution in [0.5, 0.6) is 0 Å². The van der Waals surface area contributed by atoms with E-state index in [1.807, 2.05) is 44.2 Å². The second kappa shape index (κ2) is 12.2. The van der Waals surface area contributed by atoms with Crippen molar-refractivity contribution in [3.63, 3.8) is 0 Å². The number of imide groups is 1.